The number of primary amides is 1. The van der Waals surface area contributed by atoms with Gasteiger partial charge in [-0.15, -0.1) is 0 Å². The first-order valence-corrected chi connectivity index (χ1v) is 2.90. The highest BCUT2D eigenvalue weighted by Gasteiger charge is 1.97. The van der Waals surface area contributed by atoms with Crippen molar-refractivity contribution in [3.05, 3.63) is 12.3 Å². The largest absolute Gasteiger partial charge is 0.383 e. The summed E-state index contributed by atoms with van der Waals surface area (Å²) in [7, 11) is 1.58. The van der Waals surface area contributed by atoms with E-state index in [1.807, 2.05) is 0 Å². The van der Waals surface area contributed by atoms with Gasteiger partial charge >= 0.3 is 0 Å². The van der Waals surface area contributed by atoms with Crippen LogP contribution >= 0.6 is 0 Å². The molecule has 0 radical (unpaired) electrons. The van der Waals surface area contributed by atoms with E-state index in [0.717, 1.165) is 0 Å². The second kappa shape index (κ2) is 4.81. The normalized spacial score (nSPS) is 8.90. The summed E-state index contributed by atoms with van der Waals surface area (Å²) in [5, 5.41) is 2.69. The molecular formula is C6H12N2O2. The molecule has 4 heteroatoms. The molecule has 0 rings (SSSR count). The van der Waals surface area contributed by atoms with E-state index in [-0.39, 0.29) is 5.70 Å². The van der Waals surface area contributed by atoms with Crippen molar-refractivity contribution in [2.45, 2.75) is 0 Å². The molecule has 0 heterocycles. The first-order chi connectivity index (χ1) is 4.68. The van der Waals surface area contributed by atoms with Crippen molar-refractivity contribution >= 4 is 5.91 Å². The Bertz CT molecular complexity index is 134. The predicted molar refractivity (Wildman–Crippen MR) is 38.2 cm³/mol. The third kappa shape index (κ3) is 3.91. The molecule has 0 aromatic heterocycles. The van der Waals surface area contributed by atoms with E-state index in [4.69, 9.17) is 10.5 Å². The van der Waals surface area contributed by atoms with Crippen molar-refractivity contribution in [3.63, 3.8) is 0 Å². The second-order valence-corrected chi connectivity index (χ2v) is 1.76. The third-order valence-electron chi connectivity index (χ3n) is 0.942. The Morgan fingerprint density at radius 3 is 2.80 bits per heavy atom. The van der Waals surface area contributed by atoms with Crippen LogP contribution in [0.25, 0.3) is 0 Å². The smallest absolute Gasteiger partial charge is 0.264 e. The summed E-state index contributed by atoms with van der Waals surface area (Å²) in [5.74, 6) is -0.531. The lowest BCUT2D eigenvalue weighted by atomic mass is 10.4. The maximum atomic E-state index is 10.3. The number of methoxy groups -OCH3 is 1. The summed E-state index contributed by atoms with van der Waals surface area (Å²) in [4.78, 5) is 10.3. The number of amides is 1. The van der Waals surface area contributed by atoms with Crippen molar-refractivity contribution in [1.82, 2.24) is 5.32 Å². The number of nitrogens with two attached hydrogens (primary N) is 1. The SMILES string of the molecule is C=C(NCCOC)C(N)=O. The number of hydrogen-bond acceptors (Lipinski definition) is 3. The molecule has 10 heavy (non-hydrogen) atoms. The number of hydrogen-bond donors (Lipinski definition) is 2. The van der Waals surface area contributed by atoms with Crippen LogP contribution in [0.4, 0.5) is 0 Å². The summed E-state index contributed by atoms with van der Waals surface area (Å²) >= 11 is 0. The monoisotopic (exact) mass is 144 g/mol. The molecule has 0 atom stereocenters. The number of carbonyl (C=O) groups is 1. The quantitative estimate of drug-likeness (QED) is 0.393. The highest BCUT2D eigenvalue weighted by molar-refractivity contribution is 5.90. The third-order valence-corrected chi connectivity index (χ3v) is 0.942. The van der Waals surface area contributed by atoms with Crippen molar-refractivity contribution in [3.8, 4) is 0 Å². The van der Waals surface area contributed by atoms with Gasteiger partial charge in [-0.3, -0.25) is 4.79 Å². The maximum Gasteiger partial charge on any atom is 0.264 e. The van der Waals surface area contributed by atoms with Crippen LogP contribution in [0.5, 0.6) is 0 Å². The average Bonchev–Trinajstić information content (AvgIpc) is 1.88. The molecule has 0 saturated carbocycles. The van der Waals surface area contributed by atoms with Crippen LogP contribution in [0, 0.1) is 0 Å². The molecule has 0 spiro atoms. The molecule has 3 N–H and O–H groups in total. The zero-order valence-corrected chi connectivity index (χ0v) is 6.02. The first-order valence-electron chi connectivity index (χ1n) is 2.90. The van der Waals surface area contributed by atoms with Gasteiger partial charge < -0.3 is 15.8 Å². The average molecular weight is 144 g/mol. The molecule has 0 aromatic rings. The summed E-state index contributed by atoms with van der Waals surface area (Å²) in [6.45, 7) is 4.47. The molecular weight excluding hydrogens is 132 g/mol. The summed E-state index contributed by atoms with van der Waals surface area (Å²) in [6, 6.07) is 0. The molecule has 0 aliphatic heterocycles. The Balaban J connectivity index is 3.31. The molecule has 58 valence electrons. The van der Waals surface area contributed by atoms with Gasteiger partial charge in [-0.25, -0.2) is 0 Å². The van der Waals surface area contributed by atoms with Gasteiger partial charge in [0.1, 0.15) is 0 Å². The van der Waals surface area contributed by atoms with Crippen LogP contribution in [-0.4, -0.2) is 26.2 Å². The van der Waals surface area contributed by atoms with Gasteiger partial charge in [0, 0.05) is 13.7 Å². The maximum absolute atomic E-state index is 10.3. The Morgan fingerprint density at radius 1 is 1.80 bits per heavy atom. The fourth-order valence-corrected chi connectivity index (χ4v) is 0.391. The van der Waals surface area contributed by atoms with Crippen LogP contribution in [0.3, 0.4) is 0 Å². The van der Waals surface area contributed by atoms with Crippen LogP contribution in [0.1, 0.15) is 0 Å². The Hall–Kier alpha value is -1.03. The van der Waals surface area contributed by atoms with E-state index >= 15 is 0 Å². The Kier molecular flexibility index (Phi) is 4.32. The lowest BCUT2D eigenvalue weighted by Gasteiger charge is -2.03. The first kappa shape index (κ1) is 8.97. The van der Waals surface area contributed by atoms with Crippen molar-refractivity contribution < 1.29 is 9.53 Å². The highest BCUT2D eigenvalue weighted by Crippen LogP contribution is 1.78. The van der Waals surface area contributed by atoms with Gasteiger partial charge in [0.25, 0.3) is 5.91 Å². The minimum absolute atomic E-state index is 0.219. The lowest BCUT2D eigenvalue weighted by molar-refractivity contribution is -0.114. The van der Waals surface area contributed by atoms with E-state index in [1.165, 1.54) is 0 Å². The van der Waals surface area contributed by atoms with Gasteiger partial charge in [0.05, 0.1) is 12.3 Å². The molecule has 1 amide bonds. The highest BCUT2D eigenvalue weighted by atomic mass is 16.5. The molecule has 0 aromatic carbocycles. The molecule has 0 aliphatic rings. The van der Waals surface area contributed by atoms with Crippen LogP contribution in [0.15, 0.2) is 12.3 Å². The van der Waals surface area contributed by atoms with Crippen LogP contribution in [0.2, 0.25) is 0 Å². The number of nitrogens with one attached hydrogen (secondary N) is 1. The summed E-state index contributed by atoms with van der Waals surface area (Å²) in [6.07, 6.45) is 0. The van der Waals surface area contributed by atoms with Gasteiger partial charge in [-0.2, -0.15) is 0 Å². The summed E-state index contributed by atoms with van der Waals surface area (Å²) < 4.78 is 4.72. The van der Waals surface area contributed by atoms with E-state index in [2.05, 4.69) is 11.9 Å². The van der Waals surface area contributed by atoms with Crippen molar-refractivity contribution in [1.29, 1.82) is 0 Å². The van der Waals surface area contributed by atoms with Gasteiger partial charge in [0.15, 0.2) is 0 Å². The summed E-state index contributed by atoms with van der Waals surface area (Å²) in [5.41, 5.74) is 5.10. The fraction of sp³-hybridized carbons (Fsp3) is 0.500. The fourth-order valence-electron chi connectivity index (χ4n) is 0.391. The van der Waals surface area contributed by atoms with Crippen LogP contribution < -0.4 is 11.1 Å². The molecule has 0 fully saturated rings. The standard InChI is InChI=1S/C6H12N2O2/c1-5(6(7)9)8-3-4-10-2/h8H,1,3-4H2,2H3,(H2,7,9). The molecule has 0 bridgehead atoms. The van der Waals surface area contributed by atoms with Crippen molar-refractivity contribution in [2.75, 3.05) is 20.3 Å². The Labute approximate surface area is 60.0 Å². The van der Waals surface area contributed by atoms with E-state index in [0.29, 0.717) is 13.2 Å². The minimum Gasteiger partial charge on any atom is -0.383 e. The molecule has 4 nitrogen and oxygen atoms in total. The lowest BCUT2D eigenvalue weighted by Crippen LogP contribution is -2.27. The zero-order valence-electron chi connectivity index (χ0n) is 6.02. The number of ether oxygens (including phenoxy) is 1. The van der Waals surface area contributed by atoms with E-state index in [9.17, 15) is 4.79 Å². The van der Waals surface area contributed by atoms with E-state index in [1.54, 1.807) is 7.11 Å². The topological polar surface area (TPSA) is 64.3 Å². The number of rotatable bonds is 5. The molecule has 0 saturated heterocycles. The minimum atomic E-state index is -0.531. The molecule has 0 aliphatic carbocycles. The predicted octanol–water partition coefficient (Wildman–Crippen LogP) is -0.779. The molecule has 0 unspecified atom stereocenters. The second-order valence-electron chi connectivity index (χ2n) is 1.76. The number of carbonyl (C=O) groups excluding carboxylic acids is 1. The zero-order chi connectivity index (χ0) is 7.98. The van der Waals surface area contributed by atoms with Crippen molar-refractivity contribution in [2.24, 2.45) is 5.73 Å². The van der Waals surface area contributed by atoms with Gasteiger partial charge in [0.2, 0.25) is 0 Å². The van der Waals surface area contributed by atoms with Crippen LogP contribution in [-0.2, 0) is 9.53 Å². The Morgan fingerprint density at radius 2 is 2.40 bits per heavy atom. The van der Waals surface area contributed by atoms with Gasteiger partial charge in [-0.05, 0) is 0 Å². The van der Waals surface area contributed by atoms with Gasteiger partial charge in [-0.1, -0.05) is 6.58 Å². The van der Waals surface area contributed by atoms with E-state index < -0.39 is 5.91 Å².